The second kappa shape index (κ2) is 4.22. The highest BCUT2D eigenvalue weighted by Gasteiger charge is 2.20. The third kappa shape index (κ3) is 1.83. The van der Waals surface area contributed by atoms with Crippen molar-refractivity contribution in [2.45, 2.75) is 6.92 Å². The summed E-state index contributed by atoms with van der Waals surface area (Å²) in [7, 11) is 1.66. The number of ketones is 1. The molecular formula is C13H11N3O. The summed E-state index contributed by atoms with van der Waals surface area (Å²) in [4.78, 5) is 12.3. The first-order valence-electron chi connectivity index (χ1n) is 5.18. The van der Waals surface area contributed by atoms with Crippen LogP contribution < -0.4 is 0 Å². The van der Waals surface area contributed by atoms with Crippen LogP contribution in [0.5, 0.6) is 0 Å². The van der Waals surface area contributed by atoms with E-state index in [-0.39, 0.29) is 5.78 Å². The molecule has 84 valence electrons. The molecule has 0 aliphatic rings. The van der Waals surface area contributed by atoms with E-state index in [4.69, 9.17) is 5.26 Å². The Morgan fingerprint density at radius 3 is 2.59 bits per heavy atom. The lowest BCUT2D eigenvalue weighted by Gasteiger charge is -1.99. The Kier molecular flexibility index (Phi) is 2.75. The topological polar surface area (TPSA) is 58.7 Å². The standard InChI is InChI=1S/C13H11N3O/c1-9-12(11(8-14)16(2)15-9)13(17)10-6-4-3-5-7-10/h3-7H,1-2H3. The van der Waals surface area contributed by atoms with Crippen LogP contribution in [0.1, 0.15) is 27.3 Å². The zero-order valence-electron chi connectivity index (χ0n) is 9.64. The van der Waals surface area contributed by atoms with Gasteiger partial charge in [-0.1, -0.05) is 30.3 Å². The molecule has 1 heterocycles. The Labute approximate surface area is 99.1 Å². The Bertz CT molecular complexity index is 606. The molecule has 0 radical (unpaired) electrons. The minimum Gasteiger partial charge on any atom is -0.288 e. The smallest absolute Gasteiger partial charge is 0.197 e. The molecule has 17 heavy (non-hydrogen) atoms. The quantitative estimate of drug-likeness (QED) is 0.732. The van der Waals surface area contributed by atoms with Gasteiger partial charge >= 0.3 is 0 Å². The maximum atomic E-state index is 12.3. The summed E-state index contributed by atoms with van der Waals surface area (Å²) in [5.74, 6) is -0.159. The van der Waals surface area contributed by atoms with Crippen molar-refractivity contribution in [2.75, 3.05) is 0 Å². The van der Waals surface area contributed by atoms with Gasteiger partial charge in [0, 0.05) is 12.6 Å². The van der Waals surface area contributed by atoms with Crippen molar-refractivity contribution in [1.82, 2.24) is 9.78 Å². The Hall–Kier alpha value is -2.41. The summed E-state index contributed by atoms with van der Waals surface area (Å²) in [6.07, 6.45) is 0. The first kappa shape index (κ1) is 11.1. The number of rotatable bonds is 2. The van der Waals surface area contributed by atoms with Crippen LogP contribution in [0.4, 0.5) is 0 Å². The summed E-state index contributed by atoms with van der Waals surface area (Å²) in [5.41, 5.74) is 1.84. The van der Waals surface area contributed by atoms with Gasteiger partial charge in [-0.25, -0.2) is 0 Å². The molecule has 2 aromatic rings. The lowest BCUT2D eigenvalue weighted by Crippen LogP contribution is -2.05. The van der Waals surface area contributed by atoms with E-state index in [0.29, 0.717) is 22.5 Å². The minimum absolute atomic E-state index is 0.159. The van der Waals surface area contributed by atoms with Crippen LogP contribution in [0.3, 0.4) is 0 Å². The molecule has 0 saturated carbocycles. The van der Waals surface area contributed by atoms with E-state index in [1.54, 1.807) is 38.2 Å². The highest BCUT2D eigenvalue weighted by Crippen LogP contribution is 2.17. The zero-order chi connectivity index (χ0) is 12.4. The van der Waals surface area contributed by atoms with E-state index in [1.165, 1.54) is 4.68 Å². The first-order chi connectivity index (χ1) is 8.15. The third-order valence-corrected chi connectivity index (χ3v) is 2.59. The second-order valence-electron chi connectivity index (χ2n) is 3.74. The fourth-order valence-corrected chi connectivity index (χ4v) is 1.79. The van der Waals surface area contributed by atoms with Crippen LogP contribution in [-0.4, -0.2) is 15.6 Å². The van der Waals surface area contributed by atoms with E-state index in [2.05, 4.69) is 5.10 Å². The fourth-order valence-electron chi connectivity index (χ4n) is 1.79. The number of aryl methyl sites for hydroxylation is 2. The lowest BCUT2D eigenvalue weighted by molar-refractivity contribution is 0.103. The van der Waals surface area contributed by atoms with Gasteiger partial charge in [0.1, 0.15) is 11.8 Å². The van der Waals surface area contributed by atoms with Gasteiger partial charge in [0.2, 0.25) is 0 Å². The Balaban J connectivity index is 2.56. The molecule has 0 N–H and O–H groups in total. The molecule has 0 fully saturated rings. The van der Waals surface area contributed by atoms with Gasteiger partial charge in [-0.3, -0.25) is 9.48 Å². The average molecular weight is 225 g/mol. The number of carbonyl (C=O) groups is 1. The summed E-state index contributed by atoms with van der Waals surface area (Å²) < 4.78 is 1.44. The predicted octanol–water partition coefficient (Wildman–Crippen LogP) is 1.83. The number of hydrogen-bond donors (Lipinski definition) is 0. The number of nitrogens with zero attached hydrogens (tertiary/aromatic N) is 3. The van der Waals surface area contributed by atoms with Crippen LogP contribution >= 0.6 is 0 Å². The van der Waals surface area contributed by atoms with Crippen LogP contribution in [0.25, 0.3) is 0 Å². The molecule has 0 spiro atoms. The second-order valence-corrected chi connectivity index (χ2v) is 3.74. The van der Waals surface area contributed by atoms with E-state index >= 15 is 0 Å². The largest absolute Gasteiger partial charge is 0.288 e. The van der Waals surface area contributed by atoms with Crippen molar-refractivity contribution >= 4 is 5.78 Å². The van der Waals surface area contributed by atoms with Crippen molar-refractivity contribution in [3.05, 3.63) is 52.8 Å². The Morgan fingerprint density at radius 1 is 1.35 bits per heavy atom. The van der Waals surface area contributed by atoms with Crippen molar-refractivity contribution in [1.29, 1.82) is 5.26 Å². The zero-order valence-corrected chi connectivity index (χ0v) is 9.64. The molecule has 0 aliphatic heterocycles. The molecule has 4 heteroatoms. The molecule has 0 aliphatic carbocycles. The fraction of sp³-hybridized carbons (Fsp3) is 0.154. The molecule has 1 aromatic carbocycles. The molecule has 2 rings (SSSR count). The molecule has 0 amide bonds. The van der Waals surface area contributed by atoms with Gasteiger partial charge in [0.15, 0.2) is 5.78 Å². The van der Waals surface area contributed by atoms with E-state index in [9.17, 15) is 4.79 Å². The Morgan fingerprint density at radius 2 is 2.00 bits per heavy atom. The number of benzene rings is 1. The molecule has 0 unspecified atom stereocenters. The van der Waals surface area contributed by atoms with Gasteiger partial charge < -0.3 is 0 Å². The van der Waals surface area contributed by atoms with Gasteiger partial charge in [-0.2, -0.15) is 10.4 Å². The first-order valence-corrected chi connectivity index (χ1v) is 5.18. The van der Waals surface area contributed by atoms with Gasteiger partial charge in [-0.15, -0.1) is 0 Å². The third-order valence-electron chi connectivity index (χ3n) is 2.59. The van der Waals surface area contributed by atoms with Crippen LogP contribution in [-0.2, 0) is 7.05 Å². The summed E-state index contributed by atoms with van der Waals surface area (Å²) in [5, 5.41) is 13.1. The maximum absolute atomic E-state index is 12.3. The molecule has 4 nitrogen and oxygen atoms in total. The molecule has 0 bridgehead atoms. The van der Waals surface area contributed by atoms with Crippen molar-refractivity contribution in [2.24, 2.45) is 7.05 Å². The van der Waals surface area contributed by atoms with Crippen LogP contribution in [0.15, 0.2) is 30.3 Å². The lowest BCUT2D eigenvalue weighted by atomic mass is 10.0. The van der Waals surface area contributed by atoms with Gasteiger partial charge in [0.25, 0.3) is 0 Å². The predicted molar refractivity (Wildman–Crippen MR) is 62.5 cm³/mol. The molecule has 0 atom stereocenters. The molecule has 1 aromatic heterocycles. The normalized spacial score (nSPS) is 9.94. The van der Waals surface area contributed by atoms with Crippen LogP contribution in [0.2, 0.25) is 0 Å². The van der Waals surface area contributed by atoms with Crippen molar-refractivity contribution in [3.8, 4) is 6.07 Å². The van der Waals surface area contributed by atoms with E-state index in [0.717, 1.165) is 0 Å². The van der Waals surface area contributed by atoms with Crippen LogP contribution in [0, 0.1) is 18.3 Å². The summed E-state index contributed by atoms with van der Waals surface area (Å²) in [6, 6.07) is 10.9. The molecular weight excluding hydrogens is 214 g/mol. The SMILES string of the molecule is Cc1nn(C)c(C#N)c1C(=O)c1ccccc1. The maximum Gasteiger partial charge on any atom is 0.197 e. The van der Waals surface area contributed by atoms with Crippen molar-refractivity contribution in [3.63, 3.8) is 0 Å². The molecule has 0 saturated heterocycles. The minimum atomic E-state index is -0.159. The number of aromatic nitrogens is 2. The van der Waals surface area contributed by atoms with Crippen molar-refractivity contribution < 1.29 is 4.79 Å². The van der Waals surface area contributed by atoms with Gasteiger partial charge in [0.05, 0.1) is 11.3 Å². The van der Waals surface area contributed by atoms with Gasteiger partial charge in [-0.05, 0) is 6.92 Å². The number of carbonyl (C=O) groups excluding carboxylic acids is 1. The highest BCUT2D eigenvalue weighted by molar-refractivity contribution is 6.10. The highest BCUT2D eigenvalue weighted by atomic mass is 16.1. The summed E-state index contributed by atoms with van der Waals surface area (Å²) in [6.45, 7) is 1.73. The number of hydrogen-bond acceptors (Lipinski definition) is 3. The average Bonchev–Trinajstić information content (AvgIpc) is 2.63. The monoisotopic (exact) mass is 225 g/mol. The van der Waals surface area contributed by atoms with E-state index in [1.807, 2.05) is 12.1 Å². The summed E-state index contributed by atoms with van der Waals surface area (Å²) >= 11 is 0. The van der Waals surface area contributed by atoms with E-state index < -0.39 is 0 Å². The number of nitriles is 1.